The summed E-state index contributed by atoms with van der Waals surface area (Å²) in [4.78, 5) is 25.2. The summed E-state index contributed by atoms with van der Waals surface area (Å²) in [5.74, 6) is -0.343. The lowest BCUT2D eigenvalue weighted by molar-refractivity contribution is -0.146. The molecule has 0 atom stereocenters. The average Bonchev–Trinajstić information content (AvgIpc) is 2.76. The van der Waals surface area contributed by atoms with Gasteiger partial charge < -0.3 is 10.1 Å². The second kappa shape index (κ2) is 9.17. The molecule has 4 heteroatoms. The molecule has 1 N–H and O–H groups in total. The fourth-order valence-corrected chi connectivity index (χ4v) is 3.50. The summed E-state index contributed by atoms with van der Waals surface area (Å²) in [7, 11) is 1.31. The SMILES string of the molecule is COC(=O)C(C)(C)NC(=O)c1ccc2ccccc2c1C=Cc1ccc(C(C)C)cc1. The van der Waals surface area contributed by atoms with Crippen molar-refractivity contribution in [2.24, 2.45) is 0 Å². The molecule has 0 saturated heterocycles. The Balaban J connectivity index is 2.02. The molecule has 3 aromatic rings. The molecule has 0 spiro atoms. The van der Waals surface area contributed by atoms with Crippen LogP contribution < -0.4 is 5.32 Å². The smallest absolute Gasteiger partial charge is 0.330 e. The van der Waals surface area contributed by atoms with Crippen LogP contribution in [0.15, 0.2) is 60.7 Å². The lowest BCUT2D eigenvalue weighted by Gasteiger charge is -2.23. The standard InChI is InChI=1S/C27H29NO3/c1-18(2)20-13-10-19(11-14-20)12-16-23-22-9-7-6-8-21(22)15-17-24(23)25(29)28-27(3,4)26(30)31-5/h6-18H,1-5H3,(H,28,29). The van der Waals surface area contributed by atoms with Crippen LogP contribution >= 0.6 is 0 Å². The molecule has 1 amide bonds. The van der Waals surface area contributed by atoms with E-state index in [1.165, 1.54) is 12.7 Å². The zero-order valence-corrected chi connectivity index (χ0v) is 18.7. The highest BCUT2D eigenvalue weighted by Gasteiger charge is 2.31. The summed E-state index contributed by atoms with van der Waals surface area (Å²) in [6.07, 6.45) is 3.97. The number of carbonyl (C=O) groups is 2. The highest BCUT2D eigenvalue weighted by atomic mass is 16.5. The third kappa shape index (κ3) is 5.02. The summed E-state index contributed by atoms with van der Waals surface area (Å²) in [5.41, 5.74) is 2.52. The van der Waals surface area contributed by atoms with E-state index in [1.807, 2.05) is 42.5 Å². The van der Waals surface area contributed by atoms with E-state index in [-0.39, 0.29) is 5.91 Å². The van der Waals surface area contributed by atoms with Gasteiger partial charge in [-0.15, -0.1) is 0 Å². The molecule has 3 rings (SSSR count). The topological polar surface area (TPSA) is 55.4 Å². The summed E-state index contributed by atoms with van der Waals surface area (Å²) >= 11 is 0. The van der Waals surface area contributed by atoms with Crippen molar-refractivity contribution in [2.45, 2.75) is 39.2 Å². The van der Waals surface area contributed by atoms with Crippen molar-refractivity contribution >= 4 is 34.8 Å². The molecule has 0 radical (unpaired) electrons. The zero-order valence-electron chi connectivity index (χ0n) is 18.7. The number of ether oxygens (including phenoxy) is 1. The molecule has 160 valence electrons. The van der Waals surface area contributed by atoms with Crippen LogP contribution in [0, 0.1) is 0 Å². The van der Waals surface area contributed by atoms with E-state index in [0.29, 0.717) is 11.5 Å². The van der Waals surface area contributed by atoms with E-state index in [9.17, 15) is 9.59 Å². The Morgan fingerprint density at radius 1 is 0.935 bits per heavy atom. The van der Waals surface area contributed by atoms with Gasteiger partial charge in [-0.25, -0.2) is 4.79 Å². The number of nitrogens with one attached hydrogen (secondary N) is 1. The van der Waals surface area contributed by atoms with Gasteiger partial charge in [-0.2, -0.15) is 0 Å². The maximum absolute atomic E-state index is 13.1. The first kappa shape index (κ1) is 22.3. The van der Waals surface area contributed by atoms with Crippen molar-refractivity contribution in [2.75, 3.05) is 7.11 Å². The minimum atomic E-state index is -1.13. The summed E-state index contributed by atoms with van der Waals surface area (Å²) in [6, 6.07) is 20.1. The molecule has 0 bridgehead atoms. The fraction of sp³-hybridized carbons (Fsp3) is 0.259. The molecule has 3 aromatic carbocycles. The molecule has 0 aliphatic carbocycles. The molecule has 4 nitrogen and oxygen atoms in total. The van der Waals surface area contributed by atoms with Gasteiger partial charge in [-0.3, -0.25) is 4.79 Å². The first-order chi connectivity index (χ1) is 14.7. The Morgan fingerprint density at radius 3 is 2.26 bits per heavy atom. The number of fused-ring (bicyclic) bond motifs is 1. The Kier molecular flexibility index (Phi) is 6.59. The Hall–Kier alpha value is -3.40. The Labute approximate surface area is 183 Å². The summed E-state index contributed by atoms with van der Waals surface area (Å²) in [6.45, 7) is 7.59. The molecule has 0 aliphatic heterocycles. The lowest BCUT2D eigenvalue weighted by Crippen LogP contribution is -2.50. The van der Waals surface area contributed by atoms with Crippen molar-refractivity contribution < 1.29 is 14.3 Å². The summed E-state index contributed by atoms with van der Waals surface area (Å²) in [5, 5.41) is 4.81. The third-order valence-corrected chi connectivity index (χ3v) is 5.38. The molecule has 0 fully saturated rings. The predicted molar refractivity (Wildman–Crippen MR) is 127 cm³/mol. The first-order valence-corrected chi connectivity index (χ1v) is 10.4. The first-order valence-electron chi connectivity index (χ1n) is 10.4. The molecular formula is C27H29NO3. The van der Waals surface area contributed by atoms with Gasteiger partial charge >= 0.3 is 5.97 Å². The van der Waals surface area contributed by atoms with Crippen LogP contribution in [0.4, 0.5) is 0 Å². The van der Waals surface area contributed by atoms with E-state index in [0.717, 1.165) is 21.9 Å². The van der Waals surface area contributed by atoms with Gasteiger partial charge in [0.2, 0.25) is 0 Å². The van der Waals surface area contributed by atoms with E-state index in [4.69, 9.17) is 4.74 Å². The normalized spacial score (nSPS) is 11.8. The van der Waals surface area contributed by atoms with E-state index in [1.54, 1.807) is 19.9 Å². The lowest BCUT2D eigenvalue weighted by atomic mass is 9.96. The molecule has 31 heavy (non-hydrogen) atoms. The molecule has 0 saturated carbocycles. The second-order valence-electron chi connectivity index (χ2n) is 8.47. The van der Waals surface area contributed by atoms with Gasteiger partial charge in [-0.05, 0) is 53.3 Å². The minimum absolute atomic E-state index is 0.323. The predicted octanol–water partition coefficient (Wildman–Crippen LogP) is 5.82. The number of hydrogen-bond acceptors (Lipinski definition) is 3. The number of benzene rings is 3. The largest absolute Gasteiger partial charge is 0.467 e. The van der Waals surface area contributed by atoms with Gasteiger partial charge in [0.05, 0.1) is 7.11 Å². The molecule has 0 aromatic heterocycles. The van der Waals surface area contributed by atoms with Crippen molar-refractivity contribution in [1.29, 1.82) is 0 Å². The Bertz CT molecular complexity index is 1120. The molecule has 0 heterocycles. The van der Waals surface area contributed by atoms with Gasteiger partial charge in [0, 0.05) is 5.56 Å². The second-order valence-corrected chi connectivity index (χ2v) is 8.47. The van der Waals surface area contributed by atoms with Gasteiger partial charge in [0.25, 0.3) is 5.91 Å². The number of methoxy groups -OCH3 is 1. The van der Waals surface area contributed by atoms with Crippen LogP contribution in [0.25, 0.3) is 22.9 Å². The highest BCUT2D eigenvalue weighted by molar-refractivity contribution is 6.07. The fourth-order valence-electron chi connectivity index (χ4n) is 3.50. The number of rotatable bonds is 6. The average molecular weight is 416 g/mol. The van der Waals surface area contributed by atoms with Crippen LogP contribution in [0.2, 0.25) is 0 Å². The molecule has 0 unspecified atom stereocenters. The van der Waals surface area contributed by atoms with Crippen molar-refractivity contribution in [3.63, 3.8) is 0 Å². The number of carbonyl (C=O) groups excluding carboxylic acids is 2. The van der Waals surface area contributed by atoms with Gasteiger partial charge in [0.1, 0.15) is 5.54 Å². The monoisotopic (exact) mass is 415 g/mol. The minimum Gasteiger partial charge on any atom is -0.467 e. The molecular weight excluding hydrogens is 386 g/mol. The van der Waals surface area contributed by atoms with Crippen molar-refractivity contribution in [1.82, 2.24) is 5.32 Å². The van der Waals surface area contributed by atoms with E-state index >= 15 is 0 Å². The number of esters is 1. The summed E-state index contributed by atoms with van der Waals surface area (Å²) < 4.78 is 4.82. The number of amides is 1. The number of hydrogen-bond donors (Lipinski definition) is 1. The third-order valence-electron chi connectivity index (χ3n) is 5.38. The van der Waals surface area contributed by atoms with E-state index < -0.39 is 11.5 Å². The Morgan fingerprint density at radius 2 is 1.61 bits per heavy atom. The highest BCUT2D eigenvalue weighted by Crippen LogP contribution is 2.26. The van der Waals surface area contributed by atoms with Crippen LogP contribution in [-0.4, -0.2) is 24.5 Å². The van der Waals surface area contributed by atoms with Crippen molar-refractivity contribution in [3.8, 4) is 0 Å². The van der Waals surface area contributed by atoms with Crippen molar-refractivity contribution in [3.05, 3.63) is 82.9 Å². The maximum atomic E-state index is 13.1. The van der Waals surface area contributed by atoms with Crippen LogP contribution in [0.5, 0.6) is 0 Å². The van der Waals surface area contributed by atoms with Gasteiger partial charge in [0.15, 0.2) is 0 Å². The van der Waals surface area contributed by atoms with Crippen LogP contribution in [0.3, 0.4) is 0 Å². The zero-order chi connectivity index (χ0) is 22.6. The van der Waals surface area contributed by atoms with Crippen LogP contribution in [-0.2, 0) is 9.53 Å². The molecule has 0 aliphatic rings. The quantitative estimate of drug-likeness (QED) is 0.408. The maximum Gasteiger partial charge on any atom is 0.330 e. The van der Waals surface area contributed by atoms with Gasteiger partial charge in [-0.1, -0.05) is 80.6 Å². The van der Waals surface area contributed by atoms with Crippen LogP contribution in [0.1, 0.15) is 60.7 Å². The van der Waals surface area contributed by atoms with E-state index in [2.05, 4.69) is 43.4 Å².